The van der Waals surface area contributed by atoms with Crippen molar-refractivity contribution in [1.82, 2.24) is 29.9 Å². The Hall–Kier alpha value is -1.87. The van der Waals surface area contributed by atoms with Gasteiger partial charge in [0.25, 0.3) is 0 Å². The molecule has 1 aromatic heterocycles. The lowest BCUT2D eigenvalue weighted by atomic mass is 10.2. The van der Waals surface area contributed by atoms with Crippen molar-refractivity contribution in [3.63, 3.8) is 0 Å². The van der Waals surface area contributed by atoms with E-state index in [-0.39, 0.29) is 5.69 Å². The lowest BCUT2D eigenvalue weighted by Gasteiger charge is -2.26. The molecule has 0 unspecified atom stereocenters. The summed E-state index contributed by atoms with van der Waals surface area (Å²) in [6.07, 6.45) is 3.92. The Labute approximate surface area is 160 Å². The van der Waals surface area contributed by atoms with Gasteiger partial charge in [-0.3, -0.25) is 14.5 Å². The highest BCUT2D eigenvalue weighted by Gasteiger charge is 2.16. The molecule has 27 heavy (non-hydrogen) atoms. The fourth-order valence-electron chi connectivity index (χ4n) is 3.50. The molecular weight excluding hydrogens is 346 g/mol. The van der Waals surface area contributed by atoms with Crippen molar-refractivity contribution in [3.8, 4) is 0 Å². The minimum absolute atomic E-state index is 0.0317. The Kier molecular flexibility index (Phi) is 7.70. The summed E-state index contributed by atoms with van der Waals surface area (Å²) >= 11 is 0. The van der Waals surface area contributed by atoms with Gasteiger partial charge in [-0.1, -0.05) is 0 Å². The molecule has 3 rings (SSSR count). The van der Waals surface area contributed by atoms with Crippen LogP contribution >= 0.6 is 0 Å². The molecule has 0 spiro atoms. The van der Waals surface area contributed by atoms with Crippen molar-refractivity contribution in [2.24, 2.45) is 4.99 Å². The van der Waals surface area contributed by atoms with Crippen molar-refractivity contribution in [2.45, 2.75) is 45.7 Å². The first kappa shape index (κ1) is 19.9. The largest absolute Gasteiger partial charge is 0.379 e. The first-order valence-electron chi connectivity index (χ1n) is 10.3. The maximum atomic E-state index is 12.3. The molecule has 0 amide bonds. The molecule has 2 aliphatic heterocycles. The van der Waals surface area contributed by atoms with E-state index in [0.29, 0.717) is 13.1 Å². The van der Waals surface area contributed by atoms with Crippen LogP contribution < -0.4 is 16.3 Å². The van der Waals surface area contributed by atoms with E-state index in [9.17, 15) is 4.79 Å². The zero-order valence-corrected chi connectivity index (χ0v) is 16.5. The molecule has 0 radical (unpaired) electrons. The third-order valence-electron chi connectivity index (χ3n) is 5.00. The standard InChI is InChI=1S/C18H33N7O2/c1-2-19-17(21-8-11-23-12-14-27-15-13-23)20-7-5-10-25-18(26)24-9-4-3-6-16(24)22-25/h2-15H2,1H3,(H2,19,20,21). The maximum absolute atomic E-state index is 12.3. The second-order valence-corrected chi connectivity index (χ2v) is 7.03. The Morgan fingerprint density at radius 1 is 1.19 bits per heavy atom. The molecule has 2 N–H and O–H groups in total. The average molecular weight is 380 g/mol. The number of guanidine groups is 1. The number of nitrogens with zero attached hydrogens (tertiary/aromatic N) is 5. The highest BCUT2D eigenvalue weighted by atomic mass is 16.5. The molecule has 1 fully saturated rings. The minimum Gasteiger partial charge on any atom is -0.379 e. The van der Waals surface area contributed by atoms with Gasteiger partial charge in [0.15, 0.2) is 5.96 Å². The monoisotopic (exact) mass is 379 g/mol. The number of rotatable bonds is 8. The molecule has 0 saturated carbocycles. The molecule has 0 bridgehead atoms. The molecule has 0 atom stereocenters. The van der Waals surface area contributed by atoms with Gasteiger partial charge in [0, 0.05) is 58.8 Å². The van der Waals surface area contributed by atoms with Crippen LogP contribution in [-0.4, -0.2) is 77.7 Å². The number of hydrogen-bond donors (Lipinski definition) is 2. The summed E-state index contributed by atoms with van der Waals surface area (Å²) in [5, 5.41) is 11.1. The van der Waals surface area contributed by atoms with Gasteiger partial charge in [0.1, 0.15) is 5.82 Å². The molecule has 0 aromatic carbocycles. The second-order valence-electron chi connectivity index (χ2n) is 7.03. The van der Waals surface area contributed by atoms with Crippen LogP contribution in [0.15, 0.2) is 9.79 Å². The molecule has 1 saturated heterocycles. The van der Waals surface area contributed by atoms with E-state index in [2.05, 4.69) is 32.5 Å². The van der Waals surface area contributed by atoms with Gasteiger partial charge in [-0.25, -0.2) is 9.48 Å². The summed E-state index contributed by atoms with van der Waals surface area (Å²) in [7, 11) is 0. The number of hydrogen-bond acceptors (Lipinski definition) is 5. The van der Waals surface area contributed by atoms with E-state index in [0.717, 1.165) is 89.9 Å². The Morgan fingerprint density at radius 3 is 2.81 bits per heavy atom. The number of fused-ring (bicyclic) bond motifs is 1. The number of aliphatic imine (C=N–C) groups is 1. The van der Waals surface area contributed by atoms with Crippen molar-refractivity contribution in [2.75, 3.05) is 52.5 Å². The number of ether oxygens (including phenoxy) is 1. The van der Waals surface area contributed by atoms with E-state index in [1.54, 1.807) is 4.68 Å². The van der Waals surface area contributed by atoms with E-state index >= 15 is 0 Å². The summed E-state index contributed by atoms with van der Waals surface area (Å²) in [6.45, 7) is 10.5. The normalized spacial score (nSPS) is 18.3. The highest BCUT2D eigenvalue weighted by Crippen LogP contribution is 2.09. The maximum Gasteiger partial charge on any atom is 0.345 e. The van der Waals surface area contributed by atoms with Gasteiger partial charge in [-0.2, -0.15) is 5.10 Å². The van der Waals surface area contributed by atoms with Crippen molar-refractivity contribution < 1.29 is 4.74 Å². The van der Waals surface area contributed by atoms with Gasteiger partial charge in [0.05, 0.1) is 13.2 Å². The third-order valence-corrected chi connectivity index (χ3v) is 5.00. The Morgan fingerprint density at radius 2 is 2.04 bits per heavy atom. The predicted molar refractivity (Wildman–Crippen MR) is 105 cm³/mol. The first-order chi connectivity index (χ1) is 13.3. The van der Waals surface area contributed by atoms with Gasteiger partial charge >= 0.3 is 5.69 Å². The summed E-state index contributed by atoms with van der Waals surface area (Å²) in [5.74, 6) is 1.77. The van der Waals surface area contributed by atoms with Crippen molar-refractivity contribution in [1.29, 1.82) is 0 Å². The highest BCUT2D eigenvalue weighted by molar-refractivity contribution is 5.79. The second kappa shape index (κ2) is 10.5. The fraction of sp³-hybridized carbons (Fsp3) is 0.833. The van der Waals surface area contributed by atoms with Crippen LogP contribution in [0, 0.1) is 0 Å². The van der Waals surface area contributed by atoms with Crippen LogP contribution in [0.5, 0.6) is 0 Å². The topological polar surface area (TPSA) is 88.7 Å². The zero-order chi connectivity index (χ0) is 18.9. The molecule has 3 heterocycles. The third kappa shape index (κ3) is 5.80. The Balaban J connectivity index is 1.41. The molecule has 9 nitrogen and oxygen atoms in total. The van der Waals surface area contributed by atoms with Gasteiger partial charge < -0.3 is 15.4 Å². The molecule has 1 aromatic rings. The smallest absolute Gasteiger partial charge is 0.345 e. The molecule has 152 valence electrons. The summed E-state index contributed by atoms with van der Waals surface area (Å²) in [6, 6.07) is 0. The quantitative estimate of drug-likeness (QED) is 0.365. The first-order valence-corrected chi connectivity index (χ1v) is 10.3. The summed E-state index contributed by atoms with van der Waals surface area (Å²) < 4.78 is 8.80. The molecular formula is C18H33N7O2. The number of morpholine rings is 1. The minimum atomic E-state index is 0.0317. The van der Waals surface area contributed by atoms with Gasteiger partial charge in [0.2, 0.25) is 0 Å². The lowest BCUT2D eigenvalue weighted by molar-refractivity contribution is 0.0389. The number of nitrogens with one attached hydrogen (secondary N) is 2. The van der Waals surface area contributed by atoms with E-state index < -0.39 is 0 Å². The fourth-order valence-corrected chi connectivity index (χ4v) is 3.50. The molecule has 9 heteroatoms. The van der Waals surface area contributed by atoms with Crippen LogP contribution in [0.1, 0.15) is 32.0 Å². The molecule has 0 aliphatic carbocycles. The number of aromatic nitrogens is 3. The lowest BCUT2D eigenvalue weighted by Crippen LogP contribution is -2.44. The van der Waals surface area contributed by atoms with Crippen LogP contribution in [0.25, 0.3) is 0 Å². The van der Waals surface area contributed by atoms with Crippen molar-refractivity contribution in [3.05, 3.63) is 16.3 Å². The van der Waals surface area contributed by atoms with Crippen LogP contribution in [0.4, 0.5) is 0 Å². The predicted octanol–water partition coefficient (Wildman–Crippen LogP) is -0.341. The van der Waals surface area contributed by atoms with Crippen LogP contribution in [0.2, 0.25) is 0 Å². The van der Waals surface area contributed by atoms with E-state index in [1.807, 2.05) is 4.57 Å². The zero-order valence-electron chi connectivity index (χ0n) is 16.5. The SMILES string of the molecule is CCNC(=NCCCn1nc2n(c1=O)CCCC2)NCCN1CCOCC1. The van der Waals surface area contributed by atoms with Crippen LogP contribution in [-0.2, 0) is 24.2 Å². The summed E-state index contributed by atoms with van der Waals surface area (Å²) in [5.41, 5.74) is 0.0317. The van der Waals surface area contributed by atoms with Crippen LogP contribution in [0.3, 0.4) is 0 Å². The van der Waals surface area contributed by atoms with Gasteiger partial charge in [-0.05, 0) is 26.2 Å². The number of aryl methyl sites for hydroxylation is 2. The Bertz CT molecular complexity index is 661. The molecule has 2 aliphatic rings. The van der Waals surface area contributed by atoms with Crippen molar-refractivity contribution >= 4 is 5.96 Å². The summed E-state index contributed by atoms with van der Waals surface area (Å²) in [4.78, 5) is 19.3. The average Bonchev–Trinajstić information content (AvgIpc) is 3.02. The van der Waals surface area contributed by atoms with E-state index in [1.165, 1.54) is 0 Å². The van der Waals surface area contributed by atoms with E-state index in [4.69, 9.17) is 4.74 Å². The van der Waals surface area contributed by atoms with Gasteiger partial charge in [-0.15, -0.1) is 0 Å².